The molecular weight excluding hydrogens is 375 g/mol. The van der Waals surface area contributed by atoms with Crippen molar-refractivity contribution in [2.24, 2.45) is 0 Å². The number of rotatable bonds is 4. The minimum atomic E-state index is -4.66. The van der Waals surface area contributed by atoms with Crippen LogP contribution in [0.5, 0.6) is 0 Å². The number of alkyl halides is 3. The molecule has 1 aromatic rings. The fraction of sp³-hybridized carbons (Fsp3) is 0.667. The van der Waals surface area contributed by atoms with Gasteiger partial charge in [0.2, 0.25) is 10.0 Å². The third-order valence-electron chi connectivity index (χ3n) is 4.63. The van der Waals surface area contributed by atoms with Gasteiger partial charge >= 0.3 is 6.18 Å². The lowest BCUT2D eigenvalue weighted by Crippen LogP contribution is -2.29. The summed E-state index contributed by atoms with van der Waals surface area (Å²) in [6.45, 7) is 1.65. The molecule has 0 N–H and O–H groups in total. The van der Waals surface area contributed by atoms with Gasteiger partial charge < -0.3 is 4.90 Å². The lowest BCUT2D eigenvalue weighted by Gasteiger charge is -2.23. The molecule has 1 atom stereocenters. The monoisotopic (exact) mass is 395 g/mol. The van der Waals surface area contributed by atoms with Gasteiger partial charge in [0.15, 0.2) is 0 Å². The molecule has 2 saturated heterocycles. The molecule has 0 spiro atoms. The SMILES string of the molecule is CSC1CCN(c2ncc(S(=O)(=O)N3CCCC3)cc2C(F)(F)F)C1. The van der Waals surface area contributed by atoms with Crippen LogP contribution in [-0.2, 0) is 16.2 Å². The van der Waals surface area contributed by atoms with Crippen LogP contribution in [0.2, 0.25) is 0 Å². The molecule has 140 valence electrons. The van der Waals surface area contributed by atoms with Gasteiger partial charge in [0.25, 0.3) is 0 Å². The standard InChI is InChI=1S/C15H20F3N3O2S2/c1-24-11-4-7-20(10-11)14-13(15(16,17)18)8-12(9-19-14)25(22,23)21-5-2-3-6-21/h8-9,11H,2-7,10H2,1H3. The van der Waals surface area contributed by atoms with E-state index in [0.717, 1.165) is 31.5 Å². The van der Waals surface area contributed by atoms with Crippen molar-refractivity contribution in [1.82, 2.24) is 9.29 Å². The van der Waals surface area contributed by atoms with Crippen LogP contribution in [0.25, 0.3) is 0 Å². The van der Waals surface area contributed by atoms with Crippen molar-refractivity contribution in [3.63, 3.8) is 0 Å². The van der Waals surface area contributed by atoms with Gasteiger partial charge in [-0.2, -0.15) is 29.2 Å². The maximum absolute atomic E-state index is 13.5. The van der Waals surface area contributed by atoms with E-state index in [0.29, 0.717) is 26.2 Å². The second kappa shape index (κ2) is 6.96. The van der Waals surface area contributed by atoms with Gasteiger partial charge in [0, 0.05) is 37.6 Å². The number of halogens is 3. The Labute approximate surface area is 149 Å². The normalized spacial score (nSPS) is 22.7. The van der Waals surface area contributed by atoms with Crippen molar-refractivity contribution in [2.75, 3.05) is 37.3 Å². The number of aromatic nitrogens is 1. The highest BCUT2D eigenvalue weighted by Gasteiger charge is 2.39. The number of sulfonamides is 1. The van der Waals surface area contributed by atoms with Gasteiger partial charge in [-0.3, -0.25) is 0 Å². The maximum atomic E-state index is 13.5. The largest absolute Gasteiger partial charge is 0.420 e. The van der Waals surface area contributed by atoms with Crippen LogP contribution in [0.3, 0.4) is 0 Å². The summed E-state index contributed by atoms with van der Waals surface area (Å²) in [4.78, 5) is 5.13. The Balaban J connectivity index is 1.99. The van der Waals surface area contributed by atoms with Crippen molar-refractivity contribution in [1.29, 1.82) is 0 Å². The quantitative estimate of drug-likeness (QED) is 0.785. The van der Waals surface area contributed by atoms with Crippen LogP contribution in [0.15, 0.2) is 17.2 Å². The zero-order valence-electron chi connectivity index (χ0n) is 13.8. The van der Waals surface area contributed by atoms with Crippen molar-refractivity contribution in [3.05, 3.63) is 17.8 Å². The summed E-state index contributed by atoms with van der Waals surface area (Å²) in [5.41, 5.74) is -0.977. The van der Waals surface area contributed by atoms with E-state index in [1.165, 1.54) is 4.31 Å². The molecule has 1 aromatic heterocycles. The van der Waals surface area contributed by atoms with Crippen molar-refractivity contribution < 1.29 is 21.6 Å². The molecule has 10 heteroatoms. The number of thioether (sulfide) groups is 1. The first-order valence-electron chi connectivity index (χ1n) is 8.08. The highest BCUT2D eigenvalue weighted by Crippen LogP contribution is 2.39. The molecule has 0 amide bonds. The van der Waals surface area contributed by atoms with Crippen LogP contribution in [0.1, 0.15) is 24.8 Å². The van der Waals surface area contributed by atoms with Crippen LogP contribution < -0.4 is 4.90 Å². The summed E-state index contributed by atoms with van der Waals surface area (Å²) in [5.74, 6) is -0.176. The molecule has 1 unspecified atom stereocenters. The lowest BCUT2D eigenvalue weighted by atomic mass is 10.2. The van der Waals surface area contributed by atoms with Crippen molar-refractivity contribution >= 4 is 27.6 Å². The van der Waals surface area contributed by atoms with Crippen LogP contribution in [0, 0.1) is 0 Å². The Kier molecular flexibility index (Phi) is 5.23. The minimum absolute atomic E-state index is 0.176. The molecule has 0 bridgehead atoms. The van der Waals surface area contributed by atoms with Gasteiger partial charge in [-0.25, -0.2) is 13.4 Å². The Morgan fingerprint density at radius 3 is 2.48 bits per heavy atom. The second-order valence-corrected chi connectivity index (χ2v) is 9.32. The predicted octanol–water partition coefficient (Wildman–Crippen LogP) is 2.83. The molecular formula is C15H20F3N3O2S2. The van der Waals surface area contributed by atoms with E-state index in [-0.39, 0.29) is 16.0 Å². The van der Waals surface area contributed by atoms with E-state index < -0.39 is 21.8 Å². The van der Waals surface area contributed by atoms with Crippen molar-refractivity contribution in [2.45, 2.75) is 35.6 Å². The number of hydrogen-bond acceptors (Lipinski definition) is 5. The lowest BCUT2D eigenvalue weighted by molar-refractivity contribution is -0.137. The van der Waals surface area contributed by atoms with Gasteiger partial charge in [-0.15, -0.1) is 0 Å². The zero-order chi connectivity index (χ0) is 18.2. The molecule has 0 aliphatic carbocycles. The molecule has 0 radical (unpaired) electrons. The fourth-order valence-corrected chi connectivity index (χ4v) is 5.39. The molecule has 2 fully saturated rings. The van der Waals surface area contributed by atoms with E-state index in [2.05, 4.69) is 4.98 Å². The molecule has 0 aromatic carbocycles. The Hall–Kier alpha value is -1.00. The van der Waals surface area contributed by atoms with Gasteiger partial charge in [-0.1, -0.05) is 0 Å². The average molecular weight is 395 g/mol. The number of nitrogens with zero attached hydrogens (tertiary/aromatic N) is 3. The Bertz CT molecular complexity index is 734. The van der Waals surface area contributed by atoms with Crippen LogP contribution in [-0.4, -0.2) is 55.4 Å². The predicted molar refractivity (Wildman–Crippen MR) is 91.4 cm³/mol. The van der Waals surface area contributed by atoms with E-state index in [1.807, 2.05) is 6.26 Å². The van der Waals surface area contributed by atoms with Gasteiger partial charge in [-0.05, 0) is 31.6 Å². The number of hydrogen-bond donors (Lipinski definition) is 0. The fourth-order valence-electron chi connectivity index (χ4n) is 3.23. The Morgan fingerprint density at radius 2 is 1.92 bits per heavy atom. The topological polar surface area (TPSA) is 53.5 Å². The third kappa shape index (κ3) is 3.75. The molecule has 3 rings (SSSR count). The minimum Gasteiger partial charge on any atom is -0.355 e. The molecule has 25 heavy (non-hydrogen) atoms. The van der Waals surface area contributed by atoms with Gasteiger partial charge in [0.1, 0.15) is 10.7 Å². The summed E-state index contributed by atoms with van der Waals surface area (Å²) in [6.07, 6.45) is 0.564. The first-order valence-corrected chi connectivity index (χ1v) is 10.8. The molecule has 3 heterocycles. The molecule has 2 aliphatic rings. The smallest absolute Gasteiger partial charge is 0.355 e. The van der Waals surface area contributed by atoms with E-state index in [1.54, 1.807) is 16.7 Å². The van der Waals surface area contributed by atoms with Gasteiger partial charge in [0.05, 0.1) is 5.56 Å². The van der Waals surface area contributed by atoms with Crippen LogP contribution >= 0.6 is 11.8 Å². The van der Waals surface area contributed by atoms with Crippen LogP contribution in [0.4, 0.5) is 19.0 Å². The Morgan fingerprint density at radius 1 is 1.24 bits per heavy atom. The molecule has 5 nitrogen and oxygen atoms in total. The number of anilines is 1. The summed E-state index contributed by atoms with van der Waals surface area (Å²) in [7, 11) is -3.93. The third-order valence-corrected chi connectivity index (χ3v) is 7.54. The second-order valence-electron chi connectivity index (χ2n) is 6.24. The summed E-state index contributed by atoms with van der Waals surface area (Å²) >= 11 is 1.62. The average Bonchev–Trinajstić information content (AvgIpc) is 3.25. The van der Waals surface area contributed by atoms with Crippen molar-refractivity contribution in [3.8, 4) is 0 Å². The zero-order valence-corrected chi connectivity index (χ0v) is 15.4. The van der Waals surface area contributed by atoms with E-state index in [4.69, 9.17) is 0 Å². The van der Waals surface area contributed by atoms with E-state index >= 15 is 0 Å². The molecule has 2 aliphatic heterocycles. The summed E-state index contributed by atoms with van der Waals surface area (Å²) < 4.78 is 67.0. The summed E-state index contributed by atoms with van der Waals surface area (Å²) in [6, 6.07) is 0.738. The maximum Gasteiger partial charge on any atom is 0.420 e. The highest BCUT2D eigenvalue weighted by molar-refractivity contribution is 7.99. The van der Waals surface area contributed by atoms with E-state index in [9.17, 15) is 21.6 Å². The molecule has 0 saturated carbocycles. The summed E-state index contributed by atoms with van der Waals surface area (Å²) in [5, 5.41) is 0.260. The first kappa shape index (κ1) is 18.8. The first-order chi connectivity index (χ1) is 11.7. The highest BCUT2D eigenvalue weighted by atomic mass is 32.2. The number of pyridine rings is 1.